The first-order valence-electron chi connectivity index (χ1n) is 7.18. The fourth-order valence-corrected chi connectivity index (χ4v) is 3.25. The van der Waals surface area contributed by atoms with Crippen molar-refractivity contribution in [2.45, 2.75) is 70.7 Å². The molecule has 118 valence electrons. The van der Waals surface area contributed by atoms with E-state index >= 15 is 0 Å². The van der Waals surface area contributed by atoms with Crippen LogP contribution in [0.25, 0.3) is 0 Å². The van der Waals surface area contributed by atoms with E-state index in [4.69, 9.17) is 9.47 Å². The zero-order valence-corrected chi connectivity index (χ0v) is 14.2. The minimum atomic E-state index is -0.501. The number of likely N-dealkylation sites (N-methyl/N-ethyl adjacent to an activating group) is 1. The van der Waals surface area contributed by atoms with Crippen molar-refractivity contribution < 1.29 is 14.3 Å². The van der Waals surface area contributed by atoms with E-state index in [-0.39, 0.29) is 17.7 Å². The summed E-state index contributed by atoms with van der Waals surface area (Å²) in [4.78, 5) is 14.5. The summed E-state index contributed by atoms with van der Waals surface area (Å²) < 4.78 is 11.2. The van der Waals surface area contributed by atoms with Crippen molar-refractivity contribution in [3.05, 3.63) is 0 Å². The van der Waals surface area contributed by atoms with Crippen molar-refractivity contribution in [1.82, 2.24) is 10.2 Å². The van der Waals surface area contributed by atoms with Gasteiger partial charge in [-0.15, -0.1) is 0 Å². The molecule has 0 saturated carbocycles. The van der Waals surface area contributed by atoms with Crippen LogP contribution >= 0.6 is 0 Å². The number of likely N-dealkylation sites (tertiary alicyclic amines) is 1. The number of carbonyl (C=O) groups excluding carboxylic acids is 1. The molecule has 5 heteroatoms. The van der Waals surface area contributed by atoms with Crippen molar-refractivity contribution in [3.63, 3.8) is 0 Å². The van der Waals surface area contributed by atoms with Gasteiger partial charge >= 0.3 is 6.09 Å². The number of ether oxygens (including phenoxy) is 2. The molecule has 5 nitrogen and oxygen atoms in total. The van der Waals surface area contributed by atoms with Crippen molar-refractivity contribution in [2.24, 2.45) is 0 Å². The van der Waals surface area contributed by atoms with E-state index in [0.717, 1.165) is 6.42 Å². The van der Waals surface area contributed by atoms with Crippen LogP contribution in [0.4, 0.5) is 4.79 Å². The molecule has 0 spiro atoms. The Morgan fingerprint density at radius 1 is 1.35 bits per heavy atom. The van der Waals surface area contributed by atoms with Crippen LogP contribution in [0.5, 0.6) is 0 Å². The molecule has 1 aliphatic heterocycles. The molecule has 20 heavy (non-hydrogen) atoms. The van der Waals surface area contributed by atoms with Crippen molar-refractivity contribution in [1.29, 1.82) is 0 Å². The lowest BCUT2D eigenvalue weighted by Gasteiger charge is -2.43. The zero-order valence-electron chi connectivity index (χ0n) is 14.2. The van der Waals surface area contributed by atoms with Gasteiger partial charge < -0.3 is 14.8 Å². The van der Waals surface area contributed by atoms with Crippen LogP contribution in [-0.4, -0.2) is 54.5 Å². The fourth-order valence-electron chi connectivity index (χ4n) is 3.25. The van der Waals surface area contributed by atoms with Gasteiger partial charge in [-0.05, 0) is 48.6 Å². The van der Waals surface area contributed by atoms with Gasteiger partial charge in [-0.2, -0.15) is 0 Å². The maximum absolute atomic E-state index is 12.6. The summed E-state index contributed by atoms with van der Waals surface area (Å²) in [6.45, 7) is 12.5. The van der Waals surface area contributed by atoms with E-state index in [2.05, 4.69) is 12.2 Å². The maximum Gasteiger partial charge on any atom is 0.411 e. The topological polar surface area (TPSA) is 50.8 Å². The van der Waals surface area contributed by atoms with E-state index in [0.29, 0.717) is 6.54 Å². The van der Waals surface area contributed by atoms with E-state index in [1.54, 1.807) is 7.11 Å². The highest BCUT2D eigenvalue weighted by Crippen LogP contribution is 2.43. The molecule has 2 unspecified atom stereocenters. The van der Waals surface area contributed by atoms with Crippen molar-refractivity contribution in [2.75, 3.05) is 20.7 Å². The second kappa shape index (κ2) is 5.53. The summed E-state index contributed by atoms with van der Waals surface area (Å²) in [7, 11) is 3.59. The lowest BCUT2D eigenvalue weighted by molar-refractivity contribution is -0.0287. The Balaban J connectivity index is 3.11. The minimum absolute atomic E-state index is 0.00614. The Bertz CT molecular complexity index is 363. The smallest absolute Gasteiger partial charge is 0.411 e. The zero-order chi connectivity index (χ0) is 15.8. The quantitative estimate of drug-likeness (QED) is 0.865. The lowest BCUT2D eigenvalue weighted by Crippen LogP contribution is -2.59. The van der Waals surface area contributed by atoms with Crippen LogP contribution in [0.2, 0.25) is 0 Å². The van der Waals surface area contributed by atoms with E-state index in [9.17, 15) is 4.79 Å². The Hall–Kier alpha value is -0.810. The first kappa shape index (κ1) is 17.2. The number of rotatable bonds is 3. The van der Waals surface area contributed by atoms with E-state index < -0.39 is 11.1 Å². The summed E-state index contributed by atoms with van der Waals surface area (Å²) in [5.41, 5.74) is -1.22. The highest BCUT2D eigenvalue weighted by Gasteiger charge is 2.57. The Morgan fingerprint density at radius 2 is 1.90 bits per heavy atom. The predicted molar refractivity (Wildman–Crippen MR) is 79.9 cm³/mol. The molecule has 1 rings (SSSR count). The van der Waals surface area contributed by atoms with Gasteiger partial charge in [-0.1, -0.05) is 0 Å². The van der Waals surface area contributed by atoms with Crippen molar-refractivity contribution >= 4 is 6.09 Å². The maximum atomic E-state index is 12.6. The molecule has 0 aliphatic carbocycles. The molecule has 1 amide bonds. The molecule has 0 aromatic heterocycles. The summed E-state index contributed by atoms with van der Waals surface area (Å²) in [6, 6.07) is 0. The Labute approximate surface area is 123 Å². The summed E-state index contributed by atoms with van der Waals surface area (Å²) in [6.07, 6.45) is 0.504. The number of hydrogen-bond acceptors (Lipinski definition) is 4. The average molecular weight is 286 g/mol. The molecule has 2 atom stereocenters. The summed E-state index contributed by atoms with van der Waals surface area (Å²) >= 11 is 0. The van der Waals surface area contributed by atoms with Gasteiger partial charge in [-0.25, -0.2) is 4.79 Å². The van der Waals surface area contributed by atoms with E-state index in [1.165, 1.54) is 0 Å². The molecular formula is C15H30N2O3. The van der Waals surface area contributed by atoms with Crippen LogP contribution in [0.1, 0.15) is 48.0 Å². The lowest BCUT2D eigenvalue weighted by atomic mass is 9.96. The van der Waals surface area contributed by atoms with Crippen LogP contribution in [0, 0.1) is 0 Å². The molecule has 0 bridgehead atoms. The highest BCUT2D eigenvalue weighted by molar-refractivity contribution is 5.71. The number of amides is 1. The Morgan fingerprint density at radius 3 is 2.30 bits per heavy atom. The molecule has 0 aromatic carbocycles. The van der Waals surface area contributed by atoms with Gasteiger partial charge in [0.25, 0.3) is 0 Å². The largest absolute Gasteiger partial charge is 0.444 e. The number of nitrogens with one attached hydrogen (secondary N) is 1. The SMILES string of the molecule is CNCC1(C)CC(OC)C(C)(C)N1C(=O)OC(C)(C)C. The van der Waals surface area contributed by atoms with Crippen LogP contribution in [0.3, 0.4) is 0 Å². The molecule has 1 N–H and O–H groups in total. The number of carbonyl (C=O) groups is 1. The van der Waals surface area contributed by atoms with Gasteiger partial charge in [0, 0.05) is 20.1 Å². The minimum Gasteiger partial charge on any atom is -0.444 e. The van der Waals surface area contributed by atoms with E-state index in [1.807, 2.05) is 46.6 Å². The Kier molecular flexibility index (Phi) is 4.76. The van der Waals surface area contributed by atoms with Gasteiger partial charge in [0.05, 0.1) is 17.2 Å². The first-order chi connectivity index (χ1) is 8.98. The number of methoxy groups -OCH3 is 1. The van der Waals surface area contributed by atoms with Gasteiger partial charge in [-0.3, -0.25) is 4.90 Å². The second-order valence-corrected chi connectivity index (χ2v) is 7.43. The fraction of sp³-hybridized carbons (Fsp3) is 0.933. The summed E-state index contributed by atoms with van der Waals surface area (Å²) in [5.74, 6) is 0. The third-order valence-electron chi connectivity index (χ3n) is 3.95. The predicted octanol–water partition coefficient (Wildman–Crippen LogP) is 2.40. The summed E-state index contributed by atoms with van der Waals surface area (Å²) in [5, 5.41) is 3.18. The molecule has 1 fully saturated rings. The van der Waals surface area contributed by atoms with Gasteiger partial charge in [0.1, 0.15) is 5.60 Å². The van der Waals surface area contributed by atoms with Crippen molar-refractivity contribution in [3.8, 4) is 0 Å². The third-order valence-corrected chi connectivity index (χ3v) is 3.95. The first-order valence-corrected chi connectivity index (χ1v) is 7.18. The molecular weight excluding hydrogens is 256 g/mol. The van der Waals surface area contributed by atoms with Crippen LogP contribution < -0.4 is 5.32 Å². The van der Waals surface area contributed by atoms with Crippen LogP contribution in [0.15, 0.2) is 0 Å². The molecule has 0 radical (unpaired) electrons. The molecule has 1 heterocycles. The third kappa shape index (κ3) is 3.26. The normalized spacial score (nSPS) is 29.6. The molecule has 0 aromatic rings. The number of hydrogen-bond donors (Lipinski definition) is 1. The van der Waals surface area contributed by atoms with Crippen LogP contribution in [-0.2, 0) is 9.47 Å². The molecule has 1 aliphatic rings. The monoisotopic (exact) mass is 286 g/mol. The number of nitrogens with zero attached hydrogens (tertiary/aromatic N) is 1. The average Bonchev–Trinajstić information content (AvgIpc) is 2.42. The van der Waals surface area contributed by atoms with Gasteiger partial charge in [0.15, 0.2) is 0 Å². The molecule has 1 saturated heterocycles. The standard InChI is InChI=1S/C15H30N2O3/c1-13(2,3)20-12(18)17-14(4,5)11(19-8)9-15(17,6)10-16-7/h11,16H,9-10H2,1-8H3. The highest BCUT2D eigenvalue weighted by atomic mass is 16.6. The van der Waals surface area contributed by atoms with Gasteiger partial charge in [0.2, 0.25) is 0 Å². The second-order valence-electron chi connectivity index (χ2n) is 7.43.